The predicted octanol–water partition coefficient (Wildman–Crippen LogP) is 22.5. The summed E-state index contributed by atoms with van der Waals surface area (Å²) in [5.74, 6) is 4.67. The molecule has 10 heterocycles. The zero-order chi connectivity index (χ0) is 94.1. The molecule has 0 fully saturated rings. The minimum absolute atomic E-state index is 0. The largest absolute Gasteiger partial charge is 0.352 e. The number of rotatable bonds is 15. The van der Waals surface area contributed by atoms with Crippen LogP contribution in [0.1, 0.15) is 89.6 Å². The van der Waals surface area contributed by atoms with Crippen LogP contribution in [0.5, 0.6) is 0 Å². The molecule has 0 saturated heterocycles. The number of nitrogens with zero attached hydrogens (tertiary/aromatic N) is 25. The van der Waals surface area contributed by atoms with E-state index in [4.69, 9.17) is 0 Å². The van der Waals surface area contributed by atoms with Gasteiger partial charge in [-0.05, 0) is 167 Å². The van der Waals surface area contributed by atoms with Crippen molar-refractivity contribution in [1.82, 2.24) is 122 Å². The number of hydrogen-bond acceptors (Lipinski definition) is 15. The van der Waals surface area contributed by atoms with Crippen molar-refractivity contribution in [3.63, 3.8) is 0 Å². The van der Waals surface area contributed by atoms with E-state index in [0.717, 1.165) is 157 Å². The van der Waals surface area contributed by atoms with Gasteiger partial charge in [-0.3, -0.25) is 24.9 Å². The van der Waals surface area contributed by atoms with Crippen molar-refractivity contribution in [3.05, 3.63) is 374 Å². The second kappa shape index (κ2) is 44.7. The topological polar surface area (TPSA) is 243 Å². The summed E-state index contributed by atoms with van der Waals surface area (Å²) in [5.41, 5.74) is 37.8. The Morgan fingerprint density at radius 3 is 0.773 bits per heavy atom. The Morgan fingerprint density at radius 2 is 0.482 bits per heavy atom. The van der Waals surface area contributed by atoms with Crippen molar-refractivity contribution in [2.75, 3.05) is 0 Å². The smallest absolute Gasteiger partial charge is 0.115 e. The Labute approximate surface area is 885 Å². The molecule has 10 aromatic heterocycles. The van der Waals surface area contributed by atoms with Crippen LogP contribution in [0, 0.1) is 78.8 Å². The van der Waals surface area contributed by atoms with E-state index in [1.807, 2.05) is 146 Å². The SMILES string of the molecule is CC(C)c1cccc(C(C)C)c1-n1cnnc1-c1[c-]cc2ncn(C)c2c1.Cc1cc(-c2ccccc2)cc(C)c1-n1cnnc1-c1[c-]cc2ncn(C)c2c1.Cc1cc(C)c(-n2cnnc2-c2[c-]cc3ncn(C)c3c2)c(C)c1.Cc1cccc(C)c1-n1cnnc1-c1[c-]cc2ncn(C)c2c1.Cn1cnc2c[c-]c(-c3nncn3-c3c(-c4ccccc4)cccc3-c3ccccc3)cc21.[Ir].[Ir].[Ir].[Ir].[Ir]. The van der Waals surface area contributed by atoms with E-state index in [-0.39, 0.29) is 101 Å². The van der Waals surface area contributed by atoms with Gasteiger partial charge in [-0.15, -0.1) is 144 Å². The molecule has 0 atom stereocenters. The summed E-state index contributed by atoms with van der Waals surface area (Å²) >= 11 is 0. The Morgan fingerprint density at radius 1 is 0.234 bits per heavy atom. The summed E-state index contributed by atoms with van der Waals surface area (Å²) in [7, 11) is 9.94. The standard InChI is InChI=1S/C28H20N5.C24H20N5.C22H24N5.C19H18N5.C18H16N5.5Ir/c1-32-18-29-25-16-15-22(17-26(25)32)28-31-30-19-33(28)27-23(20-9-4-2-5-10-20)13-8-14-24(27)21-11-6-3-7-12-21;1-16-11-20(18-7-5-4-6-8-18)12-17(2)23(16)29-15-26-27-24(29)19-9-10-21-22(13-19)28(3)14-25-21;1-14(2)17-7-6-8-18(15(3)4)21(17)27-13-24-25-22(27)16-9-10-19-20(11-16)26(5)12-23-19;1-12-7-13(2)18(14(3)8-12)24-11-21-22-19(24)15-5-6-16-17(9-15)23(4)10-20-16;1-12-5-4-6-13(2)17(12)23-11-20-21-18(23)14-7-8-15-16(9-14)22(3)10-19-15;;;;;/h2-14,16-19H,1H3;4-8,10-15H,1-3H3;6-8,10-15H,1-5H3;6-11H,1-4H3;4-6,8-11H,1-3H3;;;;;/q5*-1;;;;;. The molecule has 0 aliphatic carbocycles. The molecule has 0 saturated carbocycles. The van der Waals surface area contributed by atoms with E-state index in [9.17, 15) is 0 Å². The monoisotopic (exact) mass is 2750 g/mol. The van der Waals surface area contributed by atoms with Crippen molar-refractivity contribution < 1.29 is 101 Å². The molecule has 0 spiro atoms. The van der Waals surface area contributed by atoms with Crippen molar-refractivity contribution >= 4 is 55.2 Å². The van der Waals surface area contributed by atoms with Crippen LogP contribution in [0.25, 0.3) is 174 Å². The molecule has 25 nitrogen and oxygen atoms in total. The van der Waals surface area contributed by atoms with Crippen LogP contribution in [0.2, 0.25) is 0 Å². The van der Waals surface area contributed by atoms with E-state index in [1.54, 1.807) is 38.0 Å². The molecular formula is C111H98Ir5N25-5. The van der Waals surface area contributed by atoms with Gasteiger partial charge in [-0.1, -0.05) is 191 Å². The number of benzene rings is 13. The molecule has 717 valence electrons. The maximum Gasteiger partial charge on any atom is 0.115 e. The molecule has 0 bridgehead atoms. The van der Waals surface area contributed by atoms with Crippen molar-refractivity contribution in [2.45, 2.75) is 88.0 Å². The average molecular weight is 2740 g/mol. The van der Waals surface area contributed by atoms with Crippen LogP contribution >= 0.6 is 0 Å². The maximum atomic E-state index is 4.51. The number of imidazole rings is 5. The summed E-state index contributed by atoms with van der Waals surface area (Å²) in [5, 5.41) is 43.0. The van der Waals surface area contributed by atoms with Crippen LogP contribution in [-0.2, 0) is 136 Å². The third-order valence-corrected chi connectivity index (χ3v) is 24.7. The number of aryl methyl sites for hydroxylation is 12. The minimum Gasteiger partial charge on any atom is -0.352 e. The normalized spacial score (nSPS) is 11.0. The molecule has 0 N–H and O–H groups in total. The van der Waals surface area contributed by atoms with Gasteiger partial charge in [-0.2, -0.15) is 25.5 Å². The minimum atomic E-state index is 0. The Kier molecular flexibility index (Phi) is 32.7. The average Bonchev–Trinajstić information content (AvgIpc) is 1.73. The Hall–Kier alpha value is -13.8. The van der Waals surface area contributed by atoms with Crippen LogP contribution in [0.4, 0.5) is 0 Å². The van der Waals surface area contributed by atoms with E-state index >= 15 is 0 Å². The first-order chi connectivity index (χ1) is 66.1. The van der Waals surface area contributed by atoms with E-state index in [0.29, 0.717) is 11.8 Å². The first kappa shape index (κ1) is 103. The third-order valence-electron chi connectivity index (χ3n) is 24.7. The van der Waals surface area contributed by atoms with Crippen LogP contribution in [-0.4, -0.2) is 122 Å². The predicted molar refractivity (Wildman–Crippen MR) is 537 cm³/mol. The van der Waals surface area contributed by atoms with Gasteiger partial charge >= 0.3 is 0 Å². The van der Waals surface area contributed by atoms with Gasteiger partial charge in [-0.25, -0.2) is 0 Å². The van der Waals surface area contributed by atoms with E-state index < -0.39 is 0 Å². The van der Waals surface area contributed by atoms with Gasteiger partial charge in [0.2, 0.25) is 0 Å². The third kappa shape index (κ3) is 21.0. The zero-order valence-corrected chi connectivity index (χ0v) is 92.2. The van der Waals surface area contributed by atoms with E-state index in [2.05, 4.69) is 374 Å². The quantitative estimate of drug-likeness (QED) is 0.0867. The molecule has 0 amide bonds. The fraction of sp³-hybridized carbons (Fsp3) is 0.162. The number of fused-ring (bicyclic) bond motifs is 5. The fourth-order valence-corrected chi connectivity index (χ4v) is 18.1. The van der Waals surface area contributed by atoms with Gasteiger partial charge in [0, 0.05) is 197 Å². The van der Waals surface area contributed by atoms with Crippen molar-refractivity contribution in [3.8, 4) is 119 Å². The molecule has 0 unspecified atom stereocenters. The van der Waals surface area contributed by atoms with E-state index in [1.165, 1.54) is 66.9 Å². The van der Waals surface area contributed by atoms with Gasteiger partial charge in [0.1, 0.15) is 31.6 Å². The summed E-state index contributed by atoms with van der Waals surface area (Å²) < 4.78 is 20.3. The Bertz CT molecular complexity index is 8160. The molecule has 0 aliphatic heterocycles. The second-order valence-corrected chi connectivity index (χ2v) is 34.8. The number of hydrogen-bond donors (Lipinski definition) is 0. The van der Waals surface area contributed by atoms with Gasteiger partial charge in [0.15, 0.2) is 0 Å². The summed E-state index contributed by atoms with van der Waals surface area (Å²) in [6.45, 7) is 23.7. The van der Waals surface area contributed by atoms with Crippen molar-refractivity contribution in [2.24, 2.45) is 35.2 Å². The van der Waals surface area contributed by atoms with Gasteiger partial charge in [0.25, 0.3) is 0 Å². The molecule has 23 rings (SSSR count). The molecule has 5 radical (unpaired) electrons. The second-order valence-electron chi connectivity index (χ2n) is 34.8. The maximum absolute atomic E-state index is 4.51. The molecule has 13 aromatic carbocycles. The zero-order valence-electron chi connectivity index (χ0n) is 80.2. The summed E-state index contributed by atoms with van der Waals surface area (Å²) in [6, 6.07) is 95.7. The molecular weight excluding hydrogens is 2640 g/mol. The first-order valence-electron chi connectivity index (χ1n) is 44.9. The number of aromatic nitrogens is 25. The first-order valence-corrected chi connectivity index (χ1v) is 44.9. The van der Waals surface area contributed by atoms with Crippen LogP contribution < -0.4 is 0 Å². The molecule has 30 heteroatoms. The molecule has 0 aliphatic rings. The van der Waals surface area contributed by atoms with Crippen LogP contribution in [0.15, 0.2) is 294 Å². The summed E-state index contributed by atoms with van der Waals surface area (Å²) in [4.78, 5) is 21.9. The van der Waals surface area contributed by atoms with Crippen molar-refractivity contribution in [1.29, 1.82) is 0 Å². The fourth-order valence-electron chi connectivity index (χ4n) is 18.1. The molecule has 141 heavy (non-hydrogen) atoms. The molecule has 23 aromatic rings. The Balaban J connectivity index is 0.000000140. The number of para-hydroxylation sites is 3. The van der Waals surface area contributed by atoms with Crippen LogP contribution in [0.3, 0.4) is 0 Å². The van der Waals surface area contributed by atoms with Gasteiger partial charge in [0.05, 0.1) is 66.4 Å². The summed E-state index contributed by atoms with van der Waals surface area (Å²) in [6.07, 6.45) is 17.9. The van der Waals surface area contributed by atoms with Gasteiger partial charge < -0.3 is 45.7 Å².